The second kappa shape index (κ2) is 6.92. The van der Waals surface area contributed by atoms with Gasteiger partial charge < -0.3 is 10.5 Å². The predicted octanol–water partition coefficient (Wildman–Crippen LogP) is 3.31. The number of nitrogens with two attached hydrogens (primary N) is 1. The normalized spacial score (nSPS) is 10.0. The molecule has 2 rings (SSSR count). The zero-order valence-electron chi connectivity index (χ0n) is 10.8. The number of hydrogen-bond acceptors (Lipinski definition) is 4. The van der Waals surface area contributed by atoms with Gasteiger partial charge in [0.1, 0.15) is 17.5 Å². The number of rotatable bonds is 5. The number of ether oxygens (including phenoxy) is 1. The van der Waals surface area contributed by atoms with E-state index in [1.54, 1.807) is 18.3 Å². The van der Waals surface area contributed by atoms with E-state index in [1.165, 1.54) is 0 Å². The molecule has 0 saturated heterocycles. The first-order chi connectivity index (χ1) is 9.69. The van der Waals surface area contributed by atoms with Crippen LogP contribution in [0.4, 0.5) is 5.69 Å². The van der Waals surface area contributed by atoms with Crippen molar-refractivity contribution in [2.24, 2.45) is 0 Å². The van der Waals surface area contributed by atoms with Crippen LogP contribution in [0.3, 0.4) is 0 Å². The summed E-state index contributed by atoms with van der Waals surface area (Å²) in [6.07, 6.45) is 3.29. The topological polar surface area (TPSA) is 71.9 Å². The van der Waals surface area contributed by atoms with Gasteiger partial charge in [0.05, 0.1) is 12.8 Å². The van der Waals surface area contributed by atoms with Gasteiger partial charge in [0.25, 0.3) is 0 Å². The predicted molar refractivity (Wildman–Crippen MR) is 81.3 cm³/mol. The molecule has 2 N–H and O–H groups in total. The highest BCUT2D eigenvalue weighted by Crippen LogP contribution is 2.20. The lowest BCUT2D eigenvalue weighted by Crippen LogP contribution is -2.01. The minimum atomic E-state index is 0.389. The monoisotopic (exact) mass is 331 g/mol. The van der Waals surface area contributed by atoms with E-state index in [2.05, 4.69) is 20.9 Å². The van der Waals surface area contributed by atoms with E-state index < -0.39 is 0 Å². The van der Waals surface area contributed by atoms with Crippen molar-refractivity contribution in [2.45, 2.75) is 12.8 Å². The Morgan fingerprint density at radius 3 is 2.80 bits per heavy atom. The lowest BCUT2D eigenvalue weighted by atomic mass is 10.1. The average Bonchev–Trinajstić information content (AvgIpc) is 2.46. The summed E-state index contributed by atoms with van der Waals surface area (Å²) < 4.78 is 6.55. The number of anilines is 1. The smallest absolute Gasteiger partial charge is 0.140 e. The van der Waals surface area contributed by atoms with Crippen LogP contribution in [0.25, 0.3) is 0 Å². The number of pyridine rings is 1. The molecule has 1 aromatic carbocycles. The fourth-order valence-corrected chi connectivity index (χ4v) is 2.16. The standard InChI is InChI=1S/C15H14BrN3O/c16-12-4-3-11(15(18)8-12)2-1-7-20-14-6-5-13(9-17)19-10-14/h3-6,8,10H,1-2,7,18H2. The molecule has 20 heavy (non-hydrogen) atoms. The van der Waals surface area contributed by atoms with Crippen molar-refractivity contribution in [3.8, 4) is 11.8 Å². The molecule has 102 valence electrons. The van der Waals surface area contributed by atoms with Gasteiger partial charge in [-0.25, -0.2) is 4.98 Å². The van der Waals surface area contributed by atoms with E-state index in [1.807, 2.05) is 24.3 Å². The highest BCUT2D eigenvalue weighted by atomic mass is 79.9. The quantitative estimate of drug-likeness (QED) is 0.673. The molecular formula is C15H14BrN3O. The number of nitrogen functional groups attached to an aromatic ring is 1. The highest BCUT2D eigenvalue weighted by Gasteiger charge is 2.01. The first-order valence-electron chi connectivity index (χ1n) is 6.22. The van der Waals surface area contributed by atoms with Crippen LogP contribution in [0.2, 0.25) is 0 Å². The third-order valence-corrected chi connectivity index (χ3v) is 3.31. The Morgan fingerprint density at radius 2 is 2.15 bits per heavy atom. The van der Waals surface area contributed by atoms with Gasteiger partial charge in [0, 0.05) is 10.2 Å². The summed E-state index contributed by atoms with van der Waals surface area (Å²) in [6, 6.07) is 11.3. The number of halogens is 1. The molecule has 0 bridgehead atoms. The van der Waals surface area contributed by atoms with Crippen molar-refractivity contribution in [3.63, 3.8) is 0 Å². The van der Waals surface area contributed by atoms with E-state index in [4.69, 9.17) is 15.7 Å². The van der Waals surface area contributed by atoms with Gasteiger partial charge in [0.2, 0.25) is 0 Å². The lowest BCUT2D eigenvalue weighted by Gasteiger charge is -2.08. The molecular weight excluding hydrogens is 318 g/mol. The van der Waals surface area contributed by atoms with E-state index in [9.17, 15) is 0 Å². The first kappa shape index (κ1) is 14.4. The Labute approximate surface area is 126 Å². The zero-order chi connectivity index (χ0) is 14.4. The van der Waals surface area contributed by atoms with Gasteiger partial charge in [-0.1, -0.05) is 22.0 Å². The van der Waals surface area contributed by atoms with E-state index in [0.29, 0.717) is 18.1 Å². The molecule has 1 aromatic heterocycles. The van der Waals surface area contributed by atoms with Crippen LogP contribution in [-0.4, -0.2) is 11.6 Å². The molecule has 0 saturated carbocycles. The summed E-state index contributed by atoms with van der Waals surface area (Å²) in [5.74, 6) is 0.674. The van der Waals surface area contributed by atoms with E-state index in [-0.39, 0.29) is 0 Å². The number of hydrogen-bond donors (Lipinski definition) is 1. The molecule has 5 heteroatoms. The number of benzene rings is 1. The summed E-state index contributed by atoms with van der Waals surface area (Å²) in [7, 11) is 0. The van der Waals surface area contributed by atoms with Gasteiger partial charge in [-0.2, -0.15) is 5.26 Å². The molecule has 0 amide bonds. The Hall–Kier alpha value is -2.06. The SMILES string of the molecule is N#Cc1ccc(OCCCc2ccc(Br)cc2N)cn1. The van der Waals surface area contributed by atoms with Crippen LogP contribution in [-0.2, 0) is 6.42 Å². The Bertz CT molecular complexity index is 620. The minimum absolute atomic E-state index is 0.389. The zero-order valence-corrected chi connectivity index (χ0v) is 12.4. The maximum Gasteiger partial charge on any atom is 0.140 e. The molecule has 0 unspecified atom stereocenters. The number of nitriles is 1. The Morgan fingerprint density at radius 1 is 1.30 bits per heavy atom. The van der Waals surface area contributed by atoms with Crippen LogP contribution in [0.5, 0.6) is 5.75 Å². The van der Waals surface area contributed by atoms with Crippen LogP contribution in [0.15, 0.2) is 41.0 Å². The molecule has 1 heterocycles. The number of nitrogens with zero attached hydrogens (tertiary/aromatic N) is 2. The van der Waals surface area contributed by atoms with Gasteiger partial charge in [-0.3, -0.25) is 0 Å². The molecule has 2 aromatic rings. The lowest BCUT2D eigenvalue weighted by molar-refractivity contribution is 0.310. The Kier molecular flexibility index (Phi) is 4.97. The number of aryl methyl sites for hydroxylation is 1. The molecule has 4 nitrogen and oxygen atoms in total. The summed E-state index contributed by atoms with van der Waals surface area (Å²) in [5, 5.41) is 8.65. The van der Waals surface area contributed by atoms with Crippen molar-refractivity contribution in [1.82, 2.24) is 4.98 Å². The van der Waals surface area contributed by atoms with Gasteiger partial charge in [-0.05, 0) is 42.7 Å². The van der Waals surface area contributed by atoms with Crippen molar-refractivity contribution in [1.29, 1.82) is 5.26 Å². The van der Waals surface area contributed by atoms with E-state index >= 15 is 0 Å². The summed E-state index contributed by atoms with van der Waals surface area (Å²) in [6.45, 7) is 0.586. The van der Waals surface area contributed by atoms with Crippen molar-refractivity contribution >= 4 is 21.6 Å². The average molecular weight is 332 g/mol. The van der Waals surface area contributed by atoms with Gasteiger partial charge in [0.15, 0.2) is 0 Å². The fraction of sp³-hybridized carbons (Fsp3) is 0.200. The molecule has 0 fully saturated rings. The minimum Gasteiger partial charge on any atom is -0.492 e. The second-order valence-corrected chi connectivity index (χ2v) is 5.20. The third kappa shape index (κ3) is 3.97. The maximum atomic E-state index is 8.65. The molecule has 0 aliphatic carbocycles. The highest BCUT2D eigenvalue weighted by molar-refractivity contribution is 9.10. The van der Waals surface area contributed by atoms with Crippen LogP contribution in [0, 0.1) is 11.3 Å². The molecule has 0 aliphatic rings. The van der Waals surface area contributed by atoms with Crippen LogP contribution < -0.4 is 10.5 Å². The summed E-state index contributed by atoms with van der Waals surface area (Å²) >= 11 is 3.39. The largest absolute Gasteiger partial charge is 0.492 e. The van der Waals surface area contributed by atoms with E-state index in [0.717, 1.165) is 28.6 Å². The van der Waals surface area contributed by atoms with Crippen molar-refractivity contribution < 1.29 is 4.74 Å². The van der Waals surface area contributed by atoms with Crippen LogP contribution >= 0.6 is 15.9 Å². The van der Waals surface area contributed by atoms with Crippen LogP contribution in [0.1, 0.15) is 17.7 Å². The first-order valence-corrected chi connectivity index (χ1v) is 7.01. The van der Waals surface area contributed by atoms with Crippen molar-refractivity contribution in [3.05, 3.63) is 52.3 Å². The second-order valence-electron chi connectivity index (χ2n) is 4.29. The number of aromatic nitrogens is 1. The Balaban J connectivity index is 1.80. The van der Waals surface area contributed by atoms with Crippen molar-refractivity contribution in [2.75, 3.05) is 12.3 Å². The fourth-order valence-electron chi connectivity index (χ4n) is 1.78. The molecule has 0 radical (unpaired) electrons. The van der Waals surface area contributed by atoms with Gasteiger partial charge in [-0.15, -0.1) is 0 Å². The molecule has 0 atom stereocenters. The summed E-state index contributed by atoms with van der Waals surface area (Å²) in [4.78, 5) is 3.95. The third-order valence-electron chi connectivity index (χ3n) is 2.82. The molecule has 0 aliphatic heterocycles. The maximum absolute atomic E-state index is 8.65. The molecule has 0 spiro atoms. The van der Waals surface area contributed by atoms with Gasteiger partial charge >= 0.3 is 0 Å². The summed E-state index contributed by atoms with van der Waals surface area (Å²) in [5.41, 5.74) is 8.24.